The Morgan fingerprint density at radius 3 is 2.00 bits per heavy atom. The summed E-state index contributed by atoms with van der Waals surface area (Å²) in [6.07, 6.45) is 0. The molecule has 0 spiro atoms. The Hall–Kier alpha value is -2.00. The summed E-state index contributed by atoms with van der Waals surface area (Å²) in [5, 5.41) is 4.18. The summed E-state index contributed by atoms with van der Waals surface area (Å²) in [5.74, 6) is 0.849. The Kier molecular flexibility index (Phi) is 7.80. The fraction of sp³-hybridized carbons (Fsp3) is 0.143. The molecule has 3 aromatic carbocycles. The van der Waals surface area contributed by atoms with Crippen LogP contribution < -0.4 is 10.1 Å². The molecule has 3 rings (SSSR count). The van der Waals surface area contributed by atoms with Gasteiger partial charge < -0.3 is 10.1 Å². The van der Waals surface area contributed by atoms with Crippen molar-refractivity contribution in [2.45, 2.75) is 19.7 Å². The Bertz CT molecular complexity index is 760. The number of ether oxygens (including phenoxy) is 1. The van der Waals surface area contributed by atoms with Gasteiger partial charge in [-0.05, 0) is 29.3 Å². The fourth-order valence-electron chi connectivity index (χ4n) is 2.43. The van der Waals surface area contributed by atoms with Crippen molar-refractivity contribution in [1.82, 2.24) is 5.32 Å². The second kappa shape index (κ2) is 10.1. The van der Waals surface area contributed by atoms with Crippen LogP contribution in [-0.2, 0) is 19.7 Å². The average Bonchev–Trinajstić information content (AvgIpc) is 2.63. The maximum absolute atomic E-state index is 6.14. The number of halogens is 2. The SMILES string of the molecule is Cl.Clc1ccccc1COc1ccc(CNCc2ccccc2)cc1. The van der Waals surface area contributed by atoms with Crippen molar-refractivity contribution in [3.63, 3.8) is 0 Å². The molecule has 0 unspecified atom stereocenters. The first-order chi connectivity index (χ1) is 11.8. The van der Waals surface area contributed by atoms with Gasteiger partial charge in [0.2, 0.25) is 0 Å². The average molecular weight is 374 g/mol. The molecule has 0 bridgehead atoms. The van der Waals surface area contributed by atoms with Gasteiger partial charge in [-0.2, -0.15) is 0 Å². The molecule has 4 heteroatoms. The Morgan fingerprint density at radius 1 is 0.720 bits per heavy atom. The second-order valence-electron chi connectivity index (χ2n) is 5.61. The molecule has 3 aromatic rings. The van der Waals surface area contributed by atoms with E-state index in [1.165, 1.54) is 11.1 Å². The van der Waals surface area contributed by atoms with Crippen LogP contribution in [0.1, 0.15) is 16.7 Å². The standard InChI is InChI=1S/C21H20ClNO.ClH/c22-21-9-5-4-8-19(21)16-24-20-12-10-18(11-13-20)15-23-14-17-6-2-1-3-7-17;/h1-13,23H,14-16H2;1H. The lowest BCUT2D eigenvalue weighted by Gasteiger charge is -2.09. The molecular formula is C21H21Cl2NO. The smallest absolute Gasteiger partial charge is 0.119 e. The number of hydrogen-bond donors (Lipinski definition) is 1. The third-order valence-electron chi connectivity index (χ3n) is 3.78. The van der Waals surface area contributed by atoms with Crippen molar-refractivity contribution >= 4 is 24.0 Å². The molecule has 0 aliphatic carbocycles. The first kappa shape index (κ1) is 19.3. The lowest BCUT2D eigenvalue weighted by atomic mass is 10.2. The highest BCUT2D eigenvalue weighted by Gasteiger charge is 2.01. The van der Waals surface area contributed by atoms with E-state index in [0.29, 0.717) is 6.61 Å². The Balaban J connectivity index is 0.00000225. The van der Waals surface area contributed by atoms with Crippen LogP contribution in [-0.4, -0.2) is 0 Å². The zero-order valence-corrected chi connectivity index (χ0v) is 15.4. The Morgan fingerprint density at radius 2 is 1.32 bits per heavy atom. The van der Waals surface area contributed by atoms with E-state index < -0.39 is 0 Å². The van der Waals surface area contributed by atoms with Crippen molar-refractivity contribution in [2.24, 2.45) is 0 Å². The van der Waals surface area contributed by atoms with E-state index in [0.717, 1.165) is 29.4 Å². The van der Waals surface area contributed by atoms with Gasteiger partial charge in [0.05, 0.1) is 0 Å². The highest BCUT2D eigenvalue weighted by molar-refractivity contribution is 6.31. The predicted molar refractivity (Wildman–Crippen MR) is 106 cm³/mol. The molecule has 25 heavy (non-hydrogen) atoms. The molecule has 0 saturated heterocycles. The molecule has 2 nitrogen and oxygen atoms in total. The van der Waals surface area contributed by atoms with Gasteiger partial charge >= 0.3 is 0 Å². The van der Waals surface area contributed by atoms with Gasteiger partial charge in [0, 0.05) is 23.7 Å². The predicted octanol–water partition coefficient (Wildman–Crippen LogP) is 5.63. The summed E-state index contributed by atoms with van der Waals surface area (Å²) in [4.78, 5) is 0. The minimum atomic E-state index is 0. The molecular weight excluding hydrogens is 353 g/mol. The first-order valence-corrected chi connectivity index (χ1v) is 8.39. The molecule has 0 fully saturated rings. The van der Waals surface area contributed by atoms with Gasteiger partial charge in [-0.1, -0.05) is 72.3 Å². The van der Waals surface area contributed by atoms with Gasteiger partial charge in [0.25, 0.3) is 0 Å². The summed E-state index contributed by atoms with van der Waals surface area (Å²) in [5.41, 5.74) is 3.51. The topological polar surface area (TPSA) is 21.3 Å². The lowest BCUT2D eigenvalue weighted by molar-refractivity contribution is 0.306. The van der Waals surface area contributed by atoms with Crippen molar-refractivity contribution in [3.05, 3.63) is 101 Å². The molecule has 0 radical (unpaired) electrons. The van der Waals surface area contributed by atoms with Crippen LogP contribution in [0, 0.1) is 0 Å². The maximum atomic E-state index is 6.14. The van der Waals surface area contributed by atoms with Gasteiger partial charge in [0.1, 0.15) is 12.4 Å². The van der Waals surface area contributed by atoms with Crippen molar-refractivity contribution < 1.29 is 4.74 Å². The summed E-state index contributed by atoms with van der Waals surface area (Å²) >= 11 is 6.14. The van der Waals surface area contributed by atoms with Crippen LogP contribution in [0.15, 0.2) is 78.9 Å². The molecule has 0 aromatic heterocycles. The second-order valence-corrected chi connectivity index (χ2v) is 6.02. The monoisotopic (exact) mass is 373 g/mol. The zero-order valence-electron chi connectivity index (χ0n) is 13.8. The molecule has 1 N–H and O–H groups in total. The van der Waals surface area contributed by atoms with Crippen molar-refractivity contribution in [2.75, 3.05) is 0 Å². The maximum Gasteiger partial charge on any atom is 0.119 e. The molecule has 0 aliphatic rings. The molecule has 0 saturated carbocycles. The van der Waals surface area contributed by atoms with Crippen molar-refractivity contribution in [1.29, 1.82) is 0 Å². The minimum absolute atomic E-state index is 0. The van der Waals surface area contributed by atoms with Crippen LogP contribution >= 0.6 is 24.0 Å². The van der Waals surface area contributed by atoms with Crippen LogP contribution in [0.2, 0.25) is 5.02 Å². The molecule has 0 amide bonds. The molecule has 0 heterocycles. The minimum Gasteiger partial charge on any atom is -0.489 e. The summed E-state index contributed by atoms with van der Waals surface area (Å²) in [6.45, 7) is 2.18. The van der Waals surface area contributed by atoms with Gasteiger partial charge in [-0.25, -0.2) is 0 Å². The van der Waals surface area contributed by atoms with E-state index in [-0.39, 0.29) is 12.4 Å². The van der Waals surface area contributed by atoms with Gasteiger partial charge in [-0.3, -0.25) is 0 Å². The van der Waals surface area contributed by atoms with Gasteiger partial charge in [0.15, 0.2) is 0 Å². The van der Waals surface area contributed by atoms with E-state index in [1.807, 2.05) is 42.5 Å². The first-order valence-electron chi connectivity index (χ1n) is 8.01. The summed E-state index contributed by atoms with van der Waals surface area (Å²) < 4.78 is 5.80. The highest BCUT2D eigenvalue weighted by Crippen LogP contribution is 2.19. The lowest BCUT2D eigenvalue weighted by Crippen LogP contribution is -2.12. The summed E-state index contributed by atoms with van der Waals surface area (Å²) in [6, 6.07) is 26.3. The zero-order chi connectivity index (χ0) is 16.6. The van der Waals surface area contributed by atoms with E-state index in [1.54, 1.807) is 0 Å². The third kappa shape index (κ3) is 6.09. The molecule has 130 valence electrons. The van der Waals surface area contributed by atoms with E-state index >= 15 is 0 Å². The van der Waals surface area contributed by atoms with Crippen LogP contribution in [0.3, 0.4) is 0 Å². The fourth-order valence-corrected chi connectivity index (χ4v) is 2.62. The number of rotatable bonds is 7. The highest BCUT2D eigenvalue weighted by atomic mass is 35.5. The quantitative estimate of drug-likeness (QED) is 0.579. The number of benzene rings is 3. The third-order valence-corrected chi connectivity index (χ3v) is 4.15. The molecule has 0 atom stereocenters. The normalized spacial score (nSPS) is 10.1. The van der Waals surface area contributed by atoms with E-state index in [4.69, 9.17) is 16.3 Å². The largest absolute Gasteiger partial charge is 0.489 e. The van der Waals surface area contributed by atoms with Crippen LogP contribution in [0.25, 0.3) is 0 Å². The number of hydrogen-bond acceptors (Lipinski definition) is 2. The van der Waals surface area contributed by atoms with E-state index in [2.05, 4.69) is 41.7 Å². The van der Waals surface area contributed by atoms with Gasteiger partial charge in [-0.15, -0.1) is 12.4 Å². The molecule has 0 aliphatic heterocycles. The van der Waals surface area contributed by atoms with E-state index in [9.17, 15) is 0 Å². The number of nitrogens with one attached hydrogen (secondary N) is 1. The van der Waals surface area contributed by atoms with Crippen LogP contribution in [0.5, 0.6) is 5.75 Å². The van der Waals surface area contributed by atoms with Crippen molar-refractivity contribution in [3.8, 4) is 5.75 Å². The van der Waals surface area contributed by atoms with Crippen LogP contribution in [0.4, 0.5) is 0 Å². The summed E-state index contributed by atoms with van der Waals surface area (Å²) in [7, 11) is 0. The Labute approximate surface area is 160 Å².